The molecule has 0 N–H and O–H groups in total. The molecule has 1 amide bonds. The molecule has 0 saturated carbocycles. The zero-order valence-corrected chi connectivity index (χ0v) is 17.5. The van der Waals surface area contributed by atoms with Crippen LogP contribution in [0.5, 0.6) is 5.75 Å². The molecule has 0 aliphatic heterocycles. The van der Waals surface area contributed by atoms with Crippen molar-refractivity contribution in [2.75, 3.05) is 11.5 Å². The van der Waals surface area contributed by atoms with E-state index in [1.165, 1.54) is 22.7 Å². The second-order valence-corrected chi connectivity index (χ2v) is 8.76. The molecule has 4 aromatic rings. The summed E-state index contributed by atoms with van der Waals surface area (Å²) in [4.78, 5) is 20.2. The van der Waals surface area contributed by atoms with Crippen LogP contribution in [-0.4, -0.2) is 17.5 Å². The minimum atomic E-state index is -0.107. The van der Waals surface area contributed by atoms with Gasteiger partial charge < -0.3 is 4.74 Å². The van der Waals surface area contributed by atoms with E-state index in [4.69, 9.17) is 21.3 Å². The van der Waals surface area contributed by atoms with Crippen LogP contribution in [0, 0.1) is 0 Å². The number of thiophene rings is 1. The summed E-state index contributed by atoms with van der Waals surface area (Å²) in [7, 11) is 0. The van der Waals surface area contributed by atoms with Crippen LogP contribution in [-0.2, 0) is 6.54 Å². The van der Waals surface area contributed by atoms with E-state index in [-0.39, 0.29) is 5.91 Å². The number of anilines is 1. The van der Waals surface area contributed by atoms with E-state index in [1.807, 2.05) is 55.5 Å². The Balaban J connectivity index is 1.73. The number of amides is 1. The number of carbonyl (C=O) groups is 1. The summed E-state index contributed by atoms with van der Waals surface area (Å²) in [5, 5.41) is 0.655. The fourth-order valence-electron chi connectivity index (χ4n) is 2.82. The molecule has 0 fully saturated rings. The van der Waals surface area contributed by atoms with Crippen molar-refractivity contribution in [3.8, 4) is 5.75 Å². The molecular formula is C21H17ClN2O2S2. The monoisotopic (exact) mass is 428 g/mol. The van der Waals surface area contributed by atoms with Crippen molar-refractivity contribution in [2.45, 2.75) is 13.5 Å². The Morgan fingerprint density at radius 1 is 1.11 bits per heavy atom. The van der Waals surface area contributed by atoms with Gasteiger partial charge in [0.25, 0.3) is 5.91 Å². The van der Waals surface area contributed by atoms with Gasteiger partial charge in [0.2, 0.25) is 0 Å². The van der Waals surface area contributed by atoms with Crippen molar-refractivity contribution in [1.29, 1.82) is 0 Å². The molecule has 2 aromatic carbocycles. The number of carbonyl (C=O) groups excluding carboxylic acids is 1. The molecule has 0 unspecified atom stereocenters. The van der Waals surface area contributed by atoms with Crippen LogP contribution >= 0.6 is 34.3 Å². The Morgan fingerprint density at radius 3 is 2.64 bits per heavy atom. The maximum absolute atomic E-state index is 13.2. The molecule has 28 heavy (non-hydrogen) atoms. The largest absolute Gasteiger partial charge is 0.494 e. The number of halogens is 1. The maximum atomic E-state index is 13.2. The number of fused-ring (bicyclic) bond motifs is 1. The van der Waals surface area contributed by atoms with Gasteiger partial charge in [0.15, 0.2) is 5.13 Å². The lowest BCUT2D eigenvalue weighted by Gasteiger charge is -2.19. The first-order valence-electron chi connectivity index (χ1n) is 8.78. The van der Waals surface area contributed by atoms with Gasteiger partial charge in [-0.3, -0.25) is 9.69 Å². The zero-order valence-electron chi connectivity index (χ0n) is 15.1. The minimum absolute atomic E-state index is 0.107. The van der Waals surface area contributed by atoms with E-state index in [1.54, 1.807) is 17.0 Å². The number of nitrogens with zero attached hydrogens (tertiary/aromatic N) is 2. The summed E-state index contributed by atoms with van der Waals surface area (Å²) in [5.74, 6) is 0.695. The van der Waals surface area contributed by atoms with Crippen LogP contribution in [0.15, 0.2) is 60.7 Å². The van der Waals surface area contributed by atoms with Crippen molar-refractivity contribution in [1.82, 2.24) is 4.98 Å². The van der Waals surface area contributed by atoms with Crippen LogP contribution in [0.4, 0.5) is 5.13 Å². The van der Waals surface area contributed by atoms with Gasteiger partial charge in [-0.2, -0.15) is 0 Å². The Labute approximate surface area is 176 Å². The van der Waals surface area contributed by atoms with E-state index in [0.717, 1.165) is 21.5 Å². The molecular weight excluding hydrogens is 412 g/mol. The first kappa shape index (κ1) is 18.9. The molecule has 4 nitrogen and oxygen atoms in total. The lowest BCUT2D eigenvalue weighted by molar-refractivity contribution is 0.0989. The molecule has 0 bridgehead atoms. The summed E-state index contributed by atoms with van der Waals surface area (Å²) >= 11 is 8.80. The third kappa shape index (κ3) is 4.04. The number of ether oxygens (including phenoxy) is 1. The molecule has 0 spiro atoms. The van der Waals surface area contributed by atoms with Crippen LogP contribution in [0.25, 0.3) is 10.2 Å². The Bertz CT molecular complexity index is 1110. The topological polar surface area (TPSA) is 42.4 Å². The predicted octanol–water partition coefficient (Wildman–Crippen LogP) is 6.26. The number of benzene rings is 2. The molecule has 4 rings (SSSR count). The molecule has 0 radical (unpaired) electrons. The molecule has 0 atom stereocenters. The standard InChI is InChI=1S/C21H17ClN2O2S2/c1-2-26-15-8-9-16-18(12-15)28-21(23-16)24(13-14-6-4-3-5-7-14)20(25)17-10-11-19(22)27-17/h3-12H,2,13H2,1H3. The molecule has 142 valence electrons. The third-order valence-electron chi connectivity index (χ3n) is 4.10. The van der Waals surface area contributed by atoms with Crippen LogP contribution < -0.4 is 9.64 Å². The van der Waals surface area contributed by atoms with Gasteiger partial charge in [-0.1, -0.05) is 53.3 Å². The van der Waals surface area contributed by atoms with E-state index in [2.05, 4.69) is 0 Å². The maximum Gasteiger partial charge on any atom is 0.270 e. The first-order valence-corrected chi connectivity index (χ1v) is 10.8. The Hall–Kier alpha value is -2.41. The average molecular weight is 429 g/mol. The van der Waals surface area contributed by atoms with Crippen molar-refractivity contribution < 1.29 is 9.53 Å². The highest BCUT2D eigenvalue weighted by Gasteiger charge is 2.23. The highest BCUT2D eigenvalue weighted by Crippen LogP contribution is 2.34. The molecule has 0 aliphatic rings. The van der Waals surface area contributed by atoms with Gasteiger partial charge in [0.05, 0.1) is 32.6 Å². The fraction of sp³-hybridized carbons (Fsp3) is 0.143. The van der Waals surface area contributed by atoms with Crippen molar-refractivity contribution in [3.63, 3.8) is 0 Å². The van der Waals surface area contributed by atoms with Crippen molar-refractivity contribution in [3.05, 3.63) is 75.4 Å². The van der Waals surface area contributed by atoms with E-state index in [0.29, 0.717) is 27.5 Å². The van der Waals surface area contributed by atoms with Gasteiger partial charge in [-0.25, -0.2) is 4.98 Å². The quantitative estimate of drug-likeness (QED) is 0.364. The lowest BCUT2D eigenvalue weighted by Crippen LogP contribution is -2.29. The zero-order chi connectivity index (χ0) is 19.5. The van der Waals surface area contributed by atoms with E-state index >= 15 is 0 Å². The number of hydrogen-bond donors (Lipinski definition) is 0. The number of aromatic nitrogens is 1. The Kier molecular flexibility index (Phi) is 5.62. The molecule has 2 aromatic heterocycles. The van der Waals surface area contributed by atoms with Crippen LogP contribution in [0.1, 0.15) is 22.2 Å². The number of hydrogen-bond acceptors (Lipinski definition) is 5. The van der Waals surface area contributed by atoms with Crippen molar-refractivity contribution in [2.24, 2.45) is 0 Å². The highest BCUT2D eigenvalue weighted by atomic mass is 35.5. The number of thiazole rings is 1. The number of rotatable bonds is 6. The van der Waals surface area contributed by atoms with Gasteiger partial charge in [-0.15, -0.1) is 11.3 Å². The smallest absolute Gasteiger partial charge is 0.270 e. The first-order chi connectivity index (χ1) is 13.6. The average Bonchev–Trinajstić information content (AvgIpc) is 3.32. The van der Waals surface area contributed by atoms with Gasteiger partial charge in [0, 0.05) is 0 Å². The Morgan fingerprint density at radius 2 is 1.93 bits per heavy atom. The second kappa shape index (κ2) is 8.31. The van der Waals surface area contributed by atoms with Crippen molar-refractivity contribution >= 4 is 55.5 Å². The van der Waals surface area contributed by atoms with Gasteiger partial charge >= 0.3 is 0 Å². The molecule has 0 aliphatic carbocycles. The molecule has 0 saturated heterocycles. The summed E-state index contributed by atoms with van der Waals surface area (Å²) < 4.78 is 7.16. The van der Waals surface area contributed by atoms with Gasteiger partial charge in [0.1, 0.15) is 5.75 Å². The summed E-state index contributed by atoms with van der Waals surface area (Å²) in [6.07, 6.45) is 0. The predicted molar refractivity (Wildman–Crippen MR) is 117 cm³/mol. The van der Waals surface area contributed by atoms with Gasteiger partial charge in [-0.05, 0) is 42.8 Å². The summed E-state index contributed by atoms with van der Waals surface area (Å²) in [6.45, 7) is 3.00. The molecule has 2 heterocycles. The summed E-state index contributed by atoms with van der Waals surface area (Å²) in [6, 6.07) is 19.2. The normalized spacial score (nSPS) is 10.9. The SMILES string of the molecule is CCOc1ccc2nc(N(Cc3ccccc3)C(=O)c3ccc(Cl)s3)sc2c1. The van der Waals surface area contributed by atoms with Crippen LogP contribution in [0.3, 0.4) is 0 Å². The second-order valence-electron chi connectivity index (χ2n) is 6.04. The van der Waals surface area contributed by atoms with E-state index < -0.39 is 0 Å². The third-order valence-corrected chi connectivity index (χ3v) is 6.36. The summed E-state index contributed by atoms with van der Waals surface area (Å²) in [5.41, 5.74) is 1.88. The minimum Gasteiger partial charge on any atom is -0.494 e. The molecule has 7 heteroatoms. The lowest BCUT2D eigenvalue weighted by atomic mass is 10.2. The van der Waals surface area contributed by atoms with E-state index in [9.17, 15) is 4.79 Å². The highest BCUT2D eigenvalue weighted by molar-refractivity contribution is 7.22. The van der Waals surface area contributed by atoms with Crippen LogP contribution in [0.2, 0.25) is 4.34 Å². The fourth-order valence-corrected chi connectivity index (χ4v) is 4.80.